The van der Waals surface area contributed by atoms with Crippen molar-refractivity contribution in [3.63, 3.8) is 0 Å². The standard InChI is InChI=1S/C36H29N2S.C18H18GeN.Ir/c1-23-17-19-26-27-13-10-14-28(34(27)39-33(26)21-23)35-37-30-15-8-9-16-32(30)38(35)31-20-18-25(36(2,3)4)22-29(31)24-11-6-5-7-12-24;1-19(2,3)15-11-12-18(20-13-15)17-10-6-8-14-7-4-5-9-16(14)17;/h5-13,15-22H,1-4H3;4-9,11-13H,1-3H3;/q2*-1;. The predicted molar refractivity (Wildman–Crippen MR) is 256 cm³/mol. The number of aromatic nitrogens is 3. The van der Waals surface area contributed by atoms with E-state index in [4.69, 9.17) is 4.98 Å². The molecule has 6 heteroatoms. The Labute approximate surface area is 373 Å². The molecule has 1 radical (unpaired) electrons. The summed E-state index contributed by atoms with van der Waals surface area (Å²) in [6.45, 7) is 8.97. The van der Waals surface area contributed by atoms with E-state index in [1.165, 1.54) is 57.6 Å². The fourth-order valence-electron chi connectivity index (χ4n) is 7.86. The zero-order chi connectivity index (χ0) is 40.9. The minimum absolute atomic E-state index is 0. The molecule has 0 amide bonds. The van der Waals surface area contributed by atoms with Gasteiger partial charge in [0.1, 0.15) is 0 Å². The molecule has 0 fully saturated rings. The normalized spacial score (nSPS) is 11.8. The molecule has 7 aromatic carbocycles. The molecule has 10 aromatic rings. The van der Waals surface area contributed by atoms with Crippen molar-refractivity contribution >= 4 is 71.0 Å². The average molecular weight is 1030 g/mol. The Morgan fingerprint density at radius 3 is 2.17 bits per heavy atom. The Kier molecular flexibility index (Phi) is 11.6. The predicted octanol–water partition coefficient (Wildman–Crippen LogP) is 14.4. The summed E-state index contributed by atoms with van der Waals surface area (Å²) in [6, 6.07) is 60.8. The van der Waals surface area contributed by atoms with Crippen LogP contribution >= 0.6 is 11.3 Å². The van der Waals surface area contributed by atoms with Crippen LogP contribution in [0.2, 0.25) is 17.3 Å². The van der Waals surface area contributed by atoms with Gasteiger partial charge in [0.15, 0.2) is 0 Å². The van der Waals surface area contributed by atoms with Crippen LogP contribution in [0.15, 0.2) is 158 Å². The molecule has 10 rings (SSSR count). The van der Waals surface area contributed by atoms with Crippen LogP contribution in [0.4, 0.5) is 0 Å². The van der Waals surface area contributed by atoms with E-state index < -0.39 is 13.3 Å². The number of benzene rings is 7. The second-order valence-corrected chi connectivity index (χ2v) is 29.1. The Morgan fingerprint density at radius 1 is 0.667 bits per heavy atom. The number of thiophene rings is 1. The molecule has 0 saturated heterocycles. The molecule has 299 valence electrons. The van der Waals surface area contributed by atoms with Crippen molar-refractivity contribution in [2.24, 2.45) is 0 Å². The topological polar surface area (TPSA) is 30.7 Å². The van der Waals surface area contributed by atoms with Crippen LogP contribution in [0.25, 0.3) is 81.4 Å². The molecule has 0 unspecified atom stereocenters. The Morgan fingerprint density at radius 2 is 1.40 bits per heavy atom. The van der Waals surface area contributed by atoms with Crippen molar-refractivity contribution in [1.82, 2.24) is 14.5 Å². The fraction of sp³-hybridized carbons (Fsp3) is 0.148. The minimum atomic E-state index is -1.78. The molecule has 0 aliphatic carbocycles. The van der Waals surface area contributed by atoms with E-state index >= 15 is 0 Å². The molecule has 3 nitrogen and oxygen atoms in total. The van der Waals surface area contributed by atoms with Gasteiger partial charge in [-0.2, -0.15) is 11.3 Å². The van der Waals surface area contributed by atoms with E-state index in [0.29, 0.717) is 0 Å². The maximum Gasteiger partial charge on any atom is 0 e. The Balaban J connectivity index is 0.000000200. The zero-order valence-electron chi connectivity index (χ0n) is 35.1. The van der Waals surface area contributed by atoms with Gasteiger partial charge in [-0.25, -0.2) is 0 Å². The number of hydrogen-bond donors (Lipinski definition) is 0. The van der Waals surface area contributed by atoms with Crippen molar-refractivity contribution in [3.05, 3.63) is 181 Å². The first-order valence-corrected chi connectivity index (χ1v) is 28.5. The first kappa shape index (κ1) is 41.6. The zero-order valence-corrected chi connectivity index (χ0v) is 40.4. The largest absolute Gasteiger partial charge is 0 e. The summed E-state index contributed by atoms with van der Waals surface area (Å²) in [5.41, 5.74) is 11.4. The van der Waals surface area contributed by atoms with E-state index in [1.54, 1.807) is 0 Å². The molecule has 60 heavy (non-hydrogen) atoms. The van der Waals surface area contributed by atoms with E-state index in [0.717, 1.165) is 39.4 Å². The second kappa shape index (κ2) is 16.7. The molecular weight excluding hydrogens is 988 g/mol. The number of pyridine rings is 1. The molecular formula is C54H47GeIrN3S-2. The van der Waals surface area contributed by atoms with Crippen LogP contribution < -0.4 is 4.40 Å². The second-order valence-electron chi connectivity index (χ2n) is 17.4. The van der Waals surface area contributed by atoms with Crippen molar-refractivity contribution in [2.75, 3.05) is 0 Å². The van der Waals surface area contributed by atoms with Crippen molar-refractivity contribution in [3.8, 4) is 39.5 Å². The van der Waals surface area contributed by atoms with E-state index in [2.05, 4.69) is 212 Å². The van der Waals surface area contributed by atoms with Gasteiger partial charge < -0.3 is 4.57 Å². The number of fused-ring (bicyclic) bond motifs is 5. The maximum atomic E-state index is 5.24. The number of para-hydroxylation sites is 2. The number of imidazole rings is 1. The molecule has 0 bridgehead atoms. The first-order chi connectivity index (χ1) is 28.4. The third-order valence-corrected chi connectivity index (χ3v) is 16.6. The average Bonchev–Trinajstić information content (AvgIpc) is 3.81. The first-order valence-electron chi connectivity index (χ1n) is 20.3. The van der Waals surface area contributed by atoms with Crippen LogP contribution in [0, 0.1) is 19.1 Å². The summed E-state index contributed by atoms with van der Waals surface area (Å²) < 4.78 is 6.30. The molecule has 3 heterocycles. The maximum absolute atomic E-state index is 5.24. The molecule has 0 atom stereocenters. The minimum Gasteiger partial charge on any atom is 0 e. The van der Waals surface area contributed by atoms with Gasteiger partial charge in [0, 0.05) is 36.1 Å². The van der Waals surface area contributed by atoms with E-state index in [1.807, 2.05) is 23.5 Å². The quantitative estimate of drug-likeness (QED) is 0.127. The van der Waals surface area contributed by atoms with Crippen LogP contribution in [-0.2, 0) is 25.5 Å². The van der Waals surface area contributed by atoms with Crippen molar-refractivity contribution < 1.29 is 20.1 Å². The Bertz CT molecular complexity index is 3130. The number of aryl methyl sites for hydroxylation is 1. The number of rotatable bonds is 5. The van der Waals surface area contributed by atoms with Gasteiger partial charge in [-0.3, -0.25) is 4.98 Å². The third-order valence-electron chi connectivity index (χ3n) is 11.2. The summed E-state index contributed by atoms with van der Waals surface area (Å²) in [5.74, 6) is 8.09. The molecule has 0 aliphatic rings. The van der Waals surface area contributed by atoms with Gasteiger partial charge in [0.2, 0.25) is 0 Å². The summed E-state index contributed by atoms with van der Waals surface area (Å²) >= 11 is 0.0536. The monoisotopic (exact) mass is 1040 g/mol. The van der Waals surface area contributed by atoms with Crippen LogP contribution in [0.5, 0.6) is 0 Å². The molecule has 3 aromatic heterocycles. The summed E-state index contributed by atoms with van der Waals surface area (Å²) in [5, 5.41) is 5.00. The Hall–Kier alpha value is -5.17. The number of hydrogen-bond acceptors (Lipinski definition) is 3. The SMILES string of the molecule is Cc1ccc2c(c1)sc1c(-c3nc4ccccc4n3-c3ccc(C(C)(C)C)cc3-c3ccccc3)[c-]ccc12.[CH3][Ge]([CH3])([CH3])[c]1ccc(-c2[c-]ccc3ccccc23)nc1.[Ir]. The van der Waals surface area contributed by atoms with Gasteiger partial charge in [-0.05, 0) is 69.4 Å². The van der Waals surface area contributed by atoms with Crippen LogP contribution in [0.1, 0.15) is 31.9 Å². The van der Waals surface area contributed by atoms with E-state index in [9.17, 15) is 0 Å². The van der Waals surface area contributed by atoms with E-state index in [-0.39, 0.29) is 25.5 Å². The van der Waals surface area contributed by atoms with Crippen LogP contribution in [-0.4, -0.2) is 27.8 Å². The molecule has 0 aliphatic heterocycles. The number of nitrogens with zero attached hydrogens (tertiary/aromatic N) is 3. The van der Waals surface area contributed by atoms with Gasteiger partial charge in [-0.1, -0.05) is 92.4 Å². The summed E-state index contributed by atoms with van der Waals surface area (Å²) in [6.07, 6.45) is 2.06. The van der Waals surface area contributed by atoms with Crippen molar-refractivity contribution in [2.45, 2.75) is 50.4 Å². The van der Waals surface area contributed by atoms with Gasteiger partial charge in [0.05, 0.1) is 16.9 Å². The van der Waals surface area contributed by atoms with Gasteiger partial charge in [0.25, 0.3) is 0 Å². The summed E-state index contributed by atoms with van der Waals surface area (Å²) in [4.78, 5) is 9.92. The smallest absolute Gasteiger partial charge is 0 e. The van der Waals surface area contributed by atoms with Gasteiger partial charge >= 0.3 is 123 Å². The van der Waals surface area contributed by atoms with Crippen molar-refractivity contribution in [1.29, 1.82) is 0 Å². The third kappa shape index (κ3) is 8.04. The summed E-state index contributed by atoms with van der Waals surface area (Å²) in [7, 11) is 0. The van der Waals surface area contributed by atoms with Gasteiger partial charge in [-0.15, -0.1) is 18.2 Å². The fourth-order valence-corrected chi connectivity index (χ4v) is 11.3. The molecule has 0 spiro atoms. The molecule has 0 saturated carbocycles. The molecule has 0 N–H and O–H groups in total. The van der Waals surface area contributed by atoms with Crippen LogP contribution in [0.3, 0.4) is 0 Å².